The smallest absolute Gasteiger partial charge is 0.222 e. The zero-order valence-corrected chi connectivity index (χ0v) is 10.3. The minimum absolute atomic E-state index is 0.0525. The summed E-state index contributed by atoms with van der Waals surface area (Å²) < 4.78 is 5.68. The van der Waals surface area contributed by atoms with Gasteiger partial charge in [-0.25, -0.2) is 9.97 Å². The number of ether oxygens (including phenoxy) is 1. The number of nitrogens with zero attached hydrogens (tertiary/aromatic N) is 2. The number of aryl methyl sites for hydroxylation is 1. The predicted molar refractivity (Wildman–Crippen MR) is 68.5 cm³/mol. The Bertz CT molecular complexity index is 515. The summed E-state index contributed by atoms with van der Waals surface area (Å²) in [6.07, 6.45) is 3.44. The van der Waals surface area contributed by atoms with Gasteiger partial charge in [0.25, 0.3) is 0 Å². The molecule has 2 aromatic rings. The molecular formula is C14H16N2O2. The maximum absolute atomic E-state index is 9.22. The van der Waals surface area contributed by atoms with Crippen molar-refractivity contribution in [3.8, 4) is 11.6 Å². The van der Waals surface area contributed by atoms with Gasteiger partial charge >= 0.3 is 0 Å². The molecule has 0 aliphatic heterocycles. The Morgan fingerprint density at radius 2 is 2.06 bits per heavy atom. The third kappa shape index (κ3) is 3.05. The molecule has 94 valence electrons. The lowest BCUT2D eigenvalue weighted by Gasteiger charge is -2.09. The van der Waals surface area contributed by atoms with Gasteiger partial charge in [-0.15, -0.1) is 0 Å². The molecule has 0 aliphatic rings. The van der Waals surface area contributed by atoms with Gasteiger partial charge in [-0.05, 0) is 12.5 Å². The van der Waals surface area contributed by atoms with E-state index in [0.717, 1.165) is 24.1 Å². The van der Waals surface area contributed by atoms with E-state index in [9.17, 15) is 5.11 Å². The van der Waals surface area contributed by atoms with Crippen LogP contribution in [0.5, 0.6) is 11.6 Å². The molecule has 1 aromatic carbocycles. The molecule has 4 nitrogen and oxygen atoms in total. The van der Waals surface area contributed by atoms with E-state index in [-0.39, 0.29) is 6.61 Å². The zero-order valence-electron chi connectivity index (χ0n) is 10.3. The topological polar surface area (TPSA) is 55.2 Å². The van der Waals surface area contributed by atoms with Crippen LogP contribution in [0.1, 0.15) is 24.6 Å². The van der Waals surface area contributed by atoms with Crippen LogP contribution in [0.15, 0.2) is 36.7 Å². The number of rotatable bonds is 5. The van der Waals surface area contributed by atoms with Crippen molar-refractivity contribution in [1.29, 1.82) is 0 Å². The van der Waals surface area contributed by atoms with Gasteiger partial charge in [-0.3, -0.25) is 0 Å². The summed E-state index contributed by atoms with van der Waals surface area (Å²) in [4.78, 5) is 8.25. The Balaban J connectivity index is 2.20. The number of hydrogen-bond acceptors (Lipinski definition) is 4. The normalized spacial score (nSPS) is 10.3. The van der Waals surface area contributed by atoms with E-state index in [1.807, 2.05) is 30.3 Å². The Kier molecular flexibility index (Phi) is 4.25. The second-order valence-corrected chi connectivity index (χ2v) is 3.97. The van der Waals surface area contributed by atoms with Gasteiger partial charge in [-0.2, -0.15) is 0 Å². The summed E-state index contributed by atoms with van der Waals surface area (Å²) >= 11 is 0. The van der Waals surface area contributed by atoms with Crippen LogP contribution in [0.3, 0.4) is 0 Å². The van der Waals surface area contributed by atoms with Crippen LogP contribution in [0, 0.1) is 0 Å². The van der Waals surface area contributed by atoms with Crippen molar-refractivity contribution in [2.45, 2.75) is 26.4 Å². The molecule has 1 aromatic heterocycles. The molecule has 0 aliphatic carbocycles. The van der Waals surface area contributed by atoms with Gasteiger partial charge in [0.15, 0.2) is 0 Å². The lowest BCUT2D eigenvalue weighted by Crippen LogP contribution is -1.96. The van der Waals surface area contributed by atoms with Gasteiger partial charge < -0.3 is 9.84 Å². The van der Waals surface area contributed by atoms with Gasteiger partial charge in [0.05, 0.1) is 6.61 Å². The summed E-state index contributed by atoms with van der Waals surface area (Å²) in [5.74, 6) is 1.13. The molecule has 1 heterocycles. The van der Waals surface area contributed by atoms with Crippen LogP contribution < -0.4 is 4.74 Å². The summed E-state index contributed by atoms with van der Waals surface area (Å²) in [6.45, 7) is 2.05. The fourth-order valence-electron chi connectivity index (χ4n) is 1.67. The molecule has 0 spiro atoms. The SMILES string of the molecule is CCCc1cc(Oc2ccccc2CO)ncn1. The fourth-order valence-corrected chi connectivity index (χ4v) is 1.67. The first-order valence-electron chi connectivity index (χ1n) is 6.01. The van der Waals surface area contributed by atoms with Crippen molar-refractivity contribution < 1.29 is 9.84 Å². The number of para-hydroxylation sites is 1. The highest BCUT2D eigenvalue weighted by Crippen LogP contribution is 2.23. The van der Waals surface area contributed by atoms with E-state index in [4.69, 9.17) is 4.74 Å². The molecule has 2 rings (SSSR count). The lowest BCUT2D eigenvalue weighted by atomic mass is 10.2. The molecular weight excluding hydrogens is 228 g/mol. The van der Waals surface area contributed by atoms with E-state index in [0.29, 0.717) is 11.6 Å². The second-order valence-electron chi connectivity index (χ2n) is 3.97. The fraction of sp³-hybridized carbons (Fsp3) is 0.286. The molecule has 0 radical (unpaired) electrons. The van der Waals surface area contributed by atoms with Crippen LogP contribution >= 0.6 is 0 Å². The van der Waals surface area contributed by atoms with Crippen LogP contribution in [0.25, 0.3) is 0 Å². The Labute approximate surface area is 106 Å². The quantitative estimate of drug-likeness (QED) is 0.878. The van der Waals surface area contributed by atoms with Crippen LogP contribution in [-0.4, -0.2) is 15.1 Å². The first kappa shape index (κ1) is 12.5. The van der Waals surface area contributed by atoms with Gasteiger partial charge in [0, 0.05) is 17.3 Å². The van der Waals surface area contributed by atoms with Crippen LogP contribution in [0.4, 0.5) is 0 Å². The van der Waals surface area contributed by atoms with E-state index in [1.165, 1.54) is 6.33 Å². The van der Waals surface area contributed by atoms with E-state index in [1.54, 1.807) is 0 Å². The average Bonchev–Trinajstić information content (AvgIpc) is 2.40. The Morgan fingerprint density at radius 1 is 1.22 bits per heavy atom. The third-order valence-electron chi connectivity index (χ3n) is 2.56. The summed E-state index contributed by atoms with van der Waals surface area (Å²) in [5.41, 5.74) is 1.71. The molecule has 0 saturated heterocycles. The minimum atomic E-state index is -0.0525. The van der Waals surface area contributed by atoms with Crippen molar-refractivity contribution in [2.75, 3.05) is 0 Å². The summed E-state index contributed by atoms with van der Waals surface area (Å²) in [7, 11) is 0. The highest BCUT2D eigenvalue weighted by atomic mass is 16.5. The zero-order chi connectivity index (χ0) is 12.8. The van der Waals surface area contributed by atoms with Gasteiger partial charge in [-0.1, -0.05) is 31.5 Å². The largest absolute Gasteiger partial charge is 0.439 e. The monoisotopic (exact) mass is 244 g/mol. The van der Waals surface area contributed by atoms with Crippen molar-refractivity contribution in [2.24, 2.45) is 0 Å². The van der Waals surface area contributed by atoms with Crippen molar-refractivity contribution in [3.05, 3.63) is 47.9 Å². The highest BCUT2D eigenvalue weighted by Gasteiger charge is 2.05. The maximum atomic E-state index is 9.22. The summed E-state index contributed by atoms with van der Waals surface area (Å²) in [5, 5.41) is 9.22. The van der Waals surface area contributed by atoms with Crippen molar-refractivity contribution in [1.82, 2.24) is 9.97 Å². The average molecular weight is 244 g/mol. The van der Waals surface area contributed by atoms with Crippen molar-refractivity contribution in [3.63, 3.8) is 0 Å². The predicted octanol–water partition coefficient (Wildman–Crippen LogP) is 2.71. The second kappa shape index (κ2) is 6.12. The van der Waals surface area contributed by atoms with E-state index >= 15 is 0 Å². The molecule has 0 unspecified atom stereocenters. The Morgan fingerprint density at radius 3 is 2.83 bits per heavy atom. The van der Waals surface area contributed by atoms with E-state index in [2.05, 4.69) is 16.9 Å². The van der Waals surface area contributed by atoms with Crippen molar-refractivity contribution >= 4 is 0 Å². The molecule has 0 saturated carbocycles. The lowest BCUT2D eigenvalue weighted by molar-refractivity contribution is 0.276. The number of aliphatic hydroxyl groups is 1. The molecule has 0 amide bonds. The molecule has 18 heavy (non-hydrogen) atoms. The van der Waals surface area contributed by atoms with Gasteiger partial charge in [0.1, 0.15) is 12.1 Å². The Hall–Kier alpha value is -1.94. The molecule has 0 fully saturated rings. The standard InChI is InChI=1S/C14H16N2O2/c1-2-5-12-8-14(16-10-15-12)18-13-7-4-3-6-11(13)9-17/h3-4,6-8,10,17H,2,5,9H2,1H3. The van der Waals surface area contributed by atoms with E-state index < -0.39 is 0 Å². The maximum Gasteiger partial charge on any atom is 0.222 e. The number of aromatic nitrogens is 2. The molecule has 0 bridgehead atoms. The first-order valence-corrected chi connectivity index (χ1v) is 6.01. The third-order valence-corrected chi connectivity index (χ3v) is 2.56. The van der Waals surface area contributed by atoms with Crippen LogP contribution in [0.2, 0.25) is 0 Å². The number of benzene rings is 1. The molecule has 0 atom stereocenters. The first-order chi connectivity index (χ1) is 8.83. The number of hydrogen-bond donors (Lipinski definition) is 1. The van der Waals surface area contributed by atoms with Gasteiger partial charge in [0.2, 0.25) is 5.88 Å². The number of aliphatic hydroxyl groups excluding tert-OH is 1. The highest BCUT2D eigenvalue weighted by molar-refractivity contribution is 5.35. The molecule has 4 heteroatoms. The molecule has 1 N–H and O–H groups in total. The minimum Gasteiger partial charge on any atom is -0.439 e. The summed E-state index contributed by atoms with van der Waals surface area (Å²) in [6, 6.07) is 9.19. The van der Waals surface area contributed by atoms with Crippen LogP contribution in [-0.2, 0) is 13.0 Å².